The fourth-order valence-corrected chi connectivity index (χ4v) is 2.85. The third-order valence-corrected chi connectivity index (χ3v) is 4.31. The van der Waals surface area contributed by atoms with Crippen LogP contribution in [0.5, 0.6) is 0 Å². The van der Waals surface area contributed by atoms with Gasteiger partial charge in [-0.3, -0.25) is 9.89 Å². The van der Waals surface area contributed by atoms with Crippen LogP contribution >= 0.6 is 15.9 Å². The molecule has 1 amide bonds. The first-order valence-electron chi connectivity index (χ1n) is 6.02. The lowest BCUT2D eigenvalue weighted by atomic mass is 10.1. The summed E-state index contributed by atoms with van der Waals surface area (Å²) in [6.07, 6.45) is 2.48. The van der Waals surface area contributed by atoms with Gasteiger partial charge >= 0.3 is 0 Å². The van der Waals surface area contributed by atoms with E-state index in [4.69, 9.17) is 0 Å². The number of fused-ring (bicyclic) bond motifs is 1. The average molecular weight is 308 g/mol. The number of nitrogens with one attached hydrogen (secondary N) is 1. The lowest BCUT2D eigenvalue weighted by Crippen LogP contribution is -2.24. The number of halogens is 1. The van der Waals surface area contributed by atoms with Crippen molar-refractivity contribution in [3.63, 3.8) is 0 Å². The number of hydrogen-bond donors (Lipinski definition) is 1. The normalized spacial score (nSPS) is 19.9. The second-order valence-electron chi connectivity index (χ2n) is 4.79. The Kier molecular flexibility index (Phi) is 3.07. The van der Waals surface area contributed by atoms with Crippen LogP contribution in [-0.4, -0.2) is 32.9 Å². The van der Waals surface area contributed by atoms with Gasteiger partial charge in [0.25, 0.3) is 0 Å². The molecule has 1 fully saturated rings. The number of aromatic nitrogens is 2. The summed E-state index contributed by atoms with van der Waals surface area (Å²) < 4.78 is 0. The zero-order valence-corrected chi connectivity index (χ0v) is 11.5. The molecule has 1 atom stereocenters. The summed E-state index contributed by atoms with van der Waals surface area (Å²) in [6, 6.07) is 6.16. The number of likely N-dealkylation sites (tertiary alicyclic amines) is 1. The minimum absolute atomic E-state index is 0.256. The Morgan fingerprint density at radius 3 is 3.17 bits per heavy atom. The van der Waals surface area contributed by atoms with Crippen molar-refractivity contribution in [1.82, 2.24) is 15.1 Å². The van der Waals surface area contributed by atoms with Crippen molar-refractivity contribution >= 4 is 32.7 Å². The Bertz CT molecular complexity index is 580. The van der Waals surface area contributed by atoms with Crippen LogP contribution in [0.25, 0.3) is 10.9 Å². The highest BCUT2D eigenvalue weighted by atomic mass is 79.9. The Labute approximate surface area is 113 Å². The molecule has 1 aromatic heterocycles. The summed E-state index contributed by atoms with van der Waals surface area (Å²) in [5, 5.41) is 8.92. The first-order chi connectivity index (χ1) is 8.76. The molecule has 94 valence electrons. The minimum Gasteiger partial charge on any atom is -0.338 e. The molecular weight excluding hydrogens is 294 g/mol. The Balaban J connectivity index is 1.77. The van der Waals surface area contributed by atoms with Crippen LogP contribution in [-0.2, 0) is 11.3 Å². The maximum atomic E-state index is 11.8. The third kappa shape index (κ3) is 2.14. The van der Waals surface area contributed by atoms with Gasteiger partial charge in [-0.15, -0.1) is 0 Å². The van der Waals surface area contributed by atoms with E-state index in [0.29, 0.717) is 18.9 Å². The largest absolute Gasteiger partial charge is 0.338 e. The average Bonchev–Trinajstić information content (AvgIpc) is 2.96. The number of amides is 1. The zero-order valence-electron chi connectivity index (χ0n) is 9.90. The topological polar surface area (TPSA) is 49.0 Å². The second-order valence-corrected chi connectivity index (χ2v) is 5.44. The summed E-state index contributed by atoms with van der Waals surface area (Å²) in [5.74, 6) is 0.710. The highest BCUT2D eigenvalue weighted by Gasteiger charge is 2.28. The van der Waals surface area contributed by atoms with E-state index < -0.39 is 0 Å². The molecule has 0 saturated carbocycles. The smallest absolute Gasteiger partial charge is 0.223 e. The van der Waals surface area contributed by atoms with Crippen molar-refractivity contribution in [3.05, 3.63) is 30.0 Å². The van der Waals surface area contributed by atoms with Crippen molar-refractivity contribution in [2.24, 2.45) is 5.92 Å². The molecule has 1 aliphatic heterocycles. The fraction of sp³-hybridized carbons (Fsp3) is 0.385. The van der Waals surface area contributed by atoms with Gasteiger partial charge in [-0.1, -0.05) is 22.0 Å². The molecule has 1 saturated heterocycles. The molecule has 0 radical (unpaired) electrons. The standard InChI is InChI=1S/C13H14BrN3O/c14-5-10-4-13(18)17(8-10)7-9-1-2-12-11(3-9)6-15-16-12/h1-3,6,10H,4-5,7-8H2,(H,15,16). The molecule has 5 heteroatoms. The SMILES string of the molecule is O=C1CC(CBr)CN1Cc1ccc2[nH]ncc2c1. The second kappa shape index (κ2) is 4.72. The number of alkyl halides is 1. The van der Waals surface area contributed by atoms with E-state index in [9.17, 15) is 4.79 Å². The van der Waals surface area contributed by atoms with E-state index >= 15 is 0 Å². The molecule has 2 aromatic rings. The molecule has 0 spiro atoms. The minimum atomic E-state index is 0.256. The maximum absolute atomic E-state index is 11.8. The van der Waals surface area contributed by atoms with Gasteiger partial charge in [0, 0.05) is 30.2 Å². The predicted octanol–water partition coefficient (Wildman–Crippen LogP) is 2.31. The molecule has 18 heavy (non-hydrogen) atoms. The van der Waals surface area contributed by atoms with Crippen molar-refractivity contribution < 1.29 is 4.79 Å². The molecule has 1 aliphatic rings. The monoisotopic (exact) mass is 307 g/mol. The molecule has 0 aliphatic carbocycles. The Morgan fingerprint density at radius 1 is 1.50 bits per heavy atom. The number of rotatable bonds is 3. The molecule has 1 aromatic carbocycles. The maximum Gasteiger partial charge on any atom is 0.223 e. The van der Waals surface area contributed by atoms with Crippen LogP contribution in [0.4, 0.5) is 0 Å². The first-order valence-corrected chi connectivity index (χ1v) is 7.14. The Hall–Kier alpha value is -1.36. The summed E-state index contributed by atoms with van der Waals surface area (Å²) in [5.41, 5.74) is 2.19. The number of carbonyl (C=O) groups excluding carboxylic acids is 1. The van der Waals surface area contributed by atoms with Gasteiger partial charge in [-0.05, 0) is 23.6 Å². The van der Waals surface area contributed by atoms with Gasteiger partial charge in [-0.2, -0.15) is 5.10 Å². The van der Waals surface area contributed by atoms with E-state index in [1.54, 1.807) is 0 Å². The van der Waals surface area contributed by atoms with Crippen LogP contribution in [0.1, 0.15) is 12.0 Å². The molecule has 2 heterocycles. The van der Waals surface area contributed by atoms with E-state index in [1.807, 2.05) is 17.2 Å². The summed E-state index contributed by atoms with van der Waals surface area (Å²) >= 11 is 3.45. The molecule has 3 rings (SSSR count). The third-order valence-electron chi connectivity index (χ3n) is 3.39. The summed E-state index contributed by atoms with van der Waals surface area (Å²) in [7, 11) is 0. The molecule has 1 unspecified atom stereocenters. The van der Waals surface area contributed by atoms with E-state index in [1.165, 1.54) is 0 Å². The number of nitrogens with zero attached hydrogens (tertiary/aromatic N) is 2. The number of carbonyl (C=O) groups is 1. The van der Waals surface area contributed by atoms with Crippen molar-refractivity contribution in [2.45, 2.75) is 13.0 Å². The van der Waals surface area contributed by atoms with Gasteiger partial charge in [0.2, 0.25) is 5.91 Å². The van der Waals surface area contributed by atoms with Gasteiger partial charge in [0.05, 0.1) is 11.7 Å². The lowest BCUT2D eigenvalue weighted by Gasteiger charge is -2.16. The number of benzene rings is 1. The van der Waals surface area contributed by atoms with Gasteiger partial charge in [-0.25, -0.2) is 0 Å². The number of H-pyrrole nitrogens is 1. The van der Waals surface area contributed by atoms with Crippen LogP contribution < -0.4 is 0 Å². The van der Waals surface area contributed by atoms with Crippen molar-refractivity contribution in [1.29, 1.82) is 0 Å². The molecule has 0 bridgehead atoms. The first kappa shape index (κ1) is 11.7. The van der Waals surface area contributed by atoms with E-state index in [-0.39, 0.29) is 5.91 Å². The Morgan fingerprint density at radius 2 is 2.39 bits per heavy atom. The van der Waals surface area contributed by atoms with Gasteiger partial charge < -0.3 is 4.90 Å². The van der Waals surface area contributed by atoms with Crippen LogP contribution in [0.15, 0.2) is 24.4 Å². The van der Waals surface area contributed by atoms with Crippen LogP contribution in [0, 0.1) is 5.92 Å². The highest BCUT2D eigenvalue weighted by Crippen LogP contribution is 2.22. The molecule has 4 nitrogen and oxygen atoms in total. The number of hydrogen-bond acceptors (Lipinski definition) is 2. The van der Waals surface area contributed by atoms with Gasteiger partial charge in [0.1, 0.15) is 0 Å². The van der Waals surface area contributed by atoms with E-state index in [2.05, 4.69) is 38.3 Å². The molecular formula is C13H14BrN3O. The predicted molar refractivity (Wildman–Crippen MR) is 73.4 cm³/mol. The molecule has 1 N–H and O–H groups in total. The summed E-state index contributed by atoms with van der Waals surface area (Å²) in [4.78, 5) is 13.8. The van der Waals surface area contributed by atoms with Gasteiger partial charge in [0.15, 0.2) is 0 Å². The van der Waals surface area contributed by atoms with Crippen molar-refractivity contribution in [2.75, 3.05) is 11.9 Å². The van der Waals surface area contributed by atoms with Crippen LogP contribution in [0.3, 0.4) is 0 Å². The van der Waals surface area contributed by atoms with Crippen molar-refractivity contribution in [3.8, 4) is 0 Å². The number of aromatic amines is 1. The summed E-state index contributed by atoms with van der Waals surface area (Å²) in [6.45, 7) is 1.55. The fourth-order valence-electron chi connectivity index (χ4n) is 2.42. The highest BCUT2D eigenvalue weighted by molar-refractivity contribution is 9.09. The quantitative estimate of drug-likeness (QED) is 0.885. The lowest BCUT2D eigenvalue weighted by molar-refractivity contribution is -0.128. The zero-order chi connectivity index (χ0) is 12.5. The van der Waals surface area contributed by atoms with E-state index in [0.717, 1.165) is 28.3 Å². The van der Waals surface area contributed by atoms with Crippen LogP contribution in [0.2, 0.25) is 0 Å².